The van der Waals surface area contributed by atoms with E-state index in [1.54, 1.807) is 18.3 Å². The third-order valence-corrected chi connectivity index (χ3v) is 4.07. The maximum absolute atomic E-state index is 12.3. The topological polar surface area (TPSA) is 59.1 Å². The number of aromatic nitrogens is 1. The molecule has 0 saturated carbocycles. The van der Waals surface area contributed by atoms with Gasteiger partial charge in [-0.3, -0.25) is 14.6 Å². The van der Waals surface area contributed by atoms with E-state index >= 15 is 0 Å². The fourth-order valence-electron chi connectivity index (χ4n) is 2.26. The number of nitrogens with one attached hydrogen (secondary N) is 1. The molecule has 2 aromatic rings. The predicted octanol–water partition coefficient (Wildman–Crippen LogP) is 3.73. The molecule has 1 aromatic carbocycles. The number of amides is 1. The van der Waals surface area contributed by atoms with Crippen LogP contribution in [0.5, 0.6) is 0 Å². The number of carbonyl (C=O) groups excluding carboxylic acids is 2. The molecule has 0 spiro atoms. The van der Waals surface area contributed by atoms with Crippen LogP contribution >= 0.6 is 15.9 Å². The lowest BCUT2D eigenvalue weighted by Gasteiger charge is -2.20. The number of hydrogen-bond acceptors (Lipinski definition) is 3. The van der Waals surface area contributed by atoms with Crippen LogP contribution in [0, 0.1) is 0 Å². The molecule has 1 amide bonds. The zero-order valence-corrected chi connectivity index (χ0v) is 15.7. The average molecular weight is 389 g/mol. The minimum absolute atomic E-state index is 0.0929. The molecule has 0 aliphatic carbocycles. The number of rotatable bonds is 5. The van der Waals surface area contributed by atoms with Gasteiger partial charge >= 0.3 is 0 Å². The van der Waals surface area contributed by atoms with Crippen molar-refractivity contribution in [1.82, 2.24) is 10.3 Å². The van der Waals surface area contributed by atoms with E-state index in [9.17, 15) is 9.59 Å². The van der Waals surface area contributed by atoms with Crippen LogP contribution in [0.25, 0.3) is 0 Å². The molecule has 0 aliphatic heterocycles. The molecule has 126 valence electrons. The zero-order valence-electron chi connectivity index (χ0n) is 14.1. The van der Waals surface area contributed by atoms with Crippen LogP contribution in [-0.4, -0.2) is 22.2 Å². The van der Waals surface area contributed by atoms with E-state index in [1.807, 2.05) is 45.0 Å². The van der Waals surface area contributed by atoms with Crippen LogP contribution in [0.3, 0.4) is 0 Å². The number of hydrogen-bond donors (Lipinski definition) is 1. The summed E-state index contributed by atoms with van der Waals surface area (Å²) in [5.41, 5.74) is 1.75. The first-order chi connectivity index (χ1) is 11.2. The lowest BCUT2D eigenvalue weighted by molar-refractivity contribution is -0.117. The number of pyridine rings is 1. The molecule has 2 rings (SSSR count). The van der Waals surface area contributed by atoms with Crippen molar-refractivity contribution in [1.29, 1.82) is 0 Å². The van der Waals surface area contributed by atoms with Gasteiger partial charge in [0.15, 0.2) is 0 Å². The molecule has 24 heavy (non-hydrogen) atoms. The van der Waals surface area contributed by atoms with E-state index in [0.717, 1.165) is 15.6 Å². The smallest absolute Gasteiger partial charge is 0.270 e. The van der Waals surface area contributed by atoms with E-state index in [0.29, 0.717) is 12.1 Å². The molecule has 0 saturated heterocycles. The van der Waals surface area contributed by atoms with Gasteiger partial charge in [0.1, 0.15) is 11.5 Å². The number of carbonyl (C=O) groups is 2. The number of ketones is 1. The first kappa shape index (κ1) is 18.3. The van der Waals surface area contributed by atoms with Crippen LogP contribution in [0.15, 0.2) is 47.1 Å². The summed E-state index contributed by atoms with van der Waals surface area (Å²) in [5.74, 6) is -0.141. The molecule has 0 aliphatic rings. The van der Waals surface area contributed by atoms with Gasteiger partial charge in [-0.1, -0.05) is 34.1 Å². The van der Waals surface area contributed by atoms with Gasteiger partial charge in [-0.15, -0.1) is 0 Å². The first-order valence-electron chi connectivity index (χ1n) is 7.77. The molecule has 0 fully saturated rings. The summed E-state index contributed by atoms with van der Waals surface area (Å²) in [6, 6.07) is 11.1. The van der Waals surface area contributed by atoms with Crippen LogP contribution in [-0.2, 0) is 17.6 Å². The molecule has 1 N–H and O–H groups in total. The summed E-state index contributed by atoms with van der Waals surface area (Å²) in [6.45, 7) is 5.74. The third kappa shape index (κ3) is 5.57. The molecule has 0 bridgehead atoms. The summed E-state index contributed by atoms with van der Waals surface area (Å²) in [4.78, 5) is 28.6. The Labute approximate surface area is 150 Å². The van der Waals surface area contributed by atoms with Crippen LogP contribution in [0.4, 0.5) is 0 Å². The highest BCUT2D eigenvalue weighted by Gasteiger charge is 2.17. The Morgan fingerprint density at radius 3 is 2.50 bits per heavy atom. The van der Waals surface area contributed by atoms with E-state index in [4.69, 9.17) is 0 Å². The predicted molar refractivity (Wildman–Crippen MR) is 98.0 cm³/mol. The van der Waals surface area contributed by atoms with E-state index in [-0.39, 0.29) is 23.7 Å². The highest BCUT2D eigenvalue weighted by molar-refractivity contribution is 9.10. The monoisotopic (exact) mass is 388 g/mol. The van der Waals surface area contributed by atoms with Crippen molar-refractivity contribution in [2.24, 2.45) is 0 Å². The molecule has 1 aromatic heterocycles. The van der Waals surface area contributed by atoms with E-state index in [1.165, 1.54) is 0 Å². The molecule has 4 nitrogen and oxygen atoms in total. The van der Waals surface area contributed by atoms with E-state index in [2.05, 4.69) is 26.2 Å². The number of nitrogens with zero attached hydrogens (tertiary/aromatic N) is 1. The Morgan fingerprint density at radius 2 is 1.83 bits per heavy atom. The zero-order chi connectivity index (χ0) is 17.7. The maximum atomic E-state index is 12.3. The van der Waals surface area contributed by atoms with Gasteiger partial charge in [-0.25, -0.2) is 0 Å². The summed E-state index contributed by atoms with van der Waals surface area (Å²) in [7, 11) is 0. The van der Waals surface area contributed by atoms with Gasteiger partial charge in [0.2, 0.25) is 0 Å². The summed E-state index contributed by atoms with van der Waals surface area (Å²) in [6.07, 6.45) is 2.20. The Hall–Kier alpha value is -2.01. The second-order valence-electron chi connectivity index (χ2n) is 6.74. The lowest BCUT2D eigenvalue weighted by Crippen LogP contribution is -2.40. The van der Waals surface area contributed by atoms with E-state index < -0.39 is 0 Å². The maximum Gasteiger partial charge on any atom is 0.270 e. The van der Waals surface area contributed by atoms with Crippen molar-refractivity contribution in [2.45, 2.75) is 39.2 Å². The van der Waals surface area contributed by atoms with Crippen molar-refractivity contribution in [3.05, 3.63) is 63.9 Å². The Kier molecular flexibility index (Phi) is 5.89. The Morgan fingerprint density at radius 1 is 1.12 bits per heavy atom. The van der Waals surface area contributed by atoms with Gasteiger partial charge in [-0.05, 0) is 50.1 Å². The molecule has 1 heterocycles. The highest BCUT2D eigenvalue weighted by atomic mass is 79.9. The standard InChI is InChI=1S/C19H21BrN2O2/c1-19(2,3)22-18(24)17-11-13(8-9-21-17)10-15(23)12-14-6-4-5-7-16(14)20/h4-9,11H,10,12H2,1-3H3,(H,22,24). The van der Waals surface area contributed by atoms with Gasteiger partial charge in [0.05, 0.1) is 0 Å². The summed E-state index contributed by atoms with van der Waals surface area (Å²) >= 11 is 3.45. The molecular weight excluding hydrogens is 368 g/mol. The fraction of sp³-hybridized carbons (Fsp3) is 0.316. The second-order valence-corrected chi connectivity index (χ2v) is 7.59. The summed E-state index contributed by atoms with van der Waals surface area (Å²) < 4.78 is 0.929. The molecule has 0 atom stereocenters. The molecular formula is C19H21BrN2O2. The largest absolute Gasteiger partial charge is 0.346 e. The molecule has 0 unspecified atom stereocenters. The SMILES string of the molecule is CC(C)(C)NC(=O)c1cc(CC(=O)Cc2ccccc2Br)ccn1. The van der Waals surface area contributed by atoms with Gasteiger partial charge in [0, 0.05) is 29.1 Å². The van der Waals surface area contributed by atoms with Gasteiger partial charge in [-0.2, -0.15) is 0 Å². The second kappa shape index (κ2) is 7.71. The minimum Gasteiger partial charge on any atom is -0.346 e. The molecule has 5 heteroatoms. The summed E-state index contributed by atoms with van der Waals surface area (Å²) in [5, 5.41) is 2.87. The highest BCUT2D eigenvalue weighted by Crippen LogP contribution is 2.17. The van der Waals surface area contributed by atoms with Crippen molar-refractivity contribution in [3.8, 4) is 0 Å². The average Bonchev–Trinajstić information content (AvgIpc) is 2.48. The lowest BCUT2D eigenvalue weighted by atomic mass is 10.0. The third-order valence-electron chi connectivity index (χ3n) is 3.29. The number of Topliss-reactive ketones (excluding diaryl/α,β-unsaturated/α-hetero) is 1. The van der Waals surface area contributed by atoms with Crippen molar-refractivity contribution in [2.75, 3.05) is 0 Å². The van der Waals surface area contributed by atoms with Crippen molar-refractivity contribution in [3.63, 3.8) is 0 Å². The first-order valence-corrected chi connectivity index (χ1v) is 8.56. The number of benzene rings is 1. The Bertz CT molecular complexity index is 751. The Balaban J connectivity index is 2.05. The fourth-order valence-corrected chi connectivity index (χ4v) is 2.68. The normalized spacial score (nSPS) is 11.2. The quantitative estimate of drug-likeness (QED) is 0.848. The minimum atomic E-state index is -0.329. The van der Waals surface area contributed by atoms with Crippen molar-refractivity contribution >= 4 is 27.6 Å². The number of halogens is 1. The molecule has 0 radical (unpaired) electrons. The van der Waals surface area contributed by atoms with Gasteiger partial charge in [0.25, 0.3) is 5.91 Å². The van der Waals surface area contributed by atoms with Crippen LogP contribution in [0.2, 0.25) is 0 Å². The van der Waals surface area contributed by atoms with Crippen molar-refractivity contribution < 1.29 is 9.59 Å². The van der Waals surface area contributed by atoms with Crippen LogP contribution in [0.1, 0.15) is 42.4 Å². The van der Waals surface area contributed by atoms with Gasteiger partial charge < -0.3 is 5.32 Å². The van der Waals surface area contributed by atoms with Crippen LogP contribution < -0.4 is 5.32 Å².